The number of terminal acetylenes is 1. The molecule has 1 heterocycles. The van der Waals surface area contributed by atoms with Gasteiger partial charge in [0, 0.05) is 18.9 Å². The lowest BCUT2D eigenvalue weighted by Gasteiger charge is -2.18. The molecule has 1 aromatic heterocycles. The second kappa shape index (κ2) is 7.01. The Bertz CT molecular complexity index is 508. The fraction of sp³-hybridized carbons (Fsp3) is 0.308. The predicted molar refractivity (Wildman–Crippen MR) is 69.3 cm³/mol. The van der Waals surface area contributed by atoms with Crippen LogP contribution in [0.15, 0.2) is 18.5 Å². The monoisotopic (exact) mass is 261 g/mol. The summed E-state index contributed by atoms with van der Waals surface area (Å²) in [6.45, 7) is 1.71. The summed E-state index contributed by atoms with van der Waals surface area (Å²) < 4.78 is 0. The Morgan fingerprint density at radius 3 is 2.89 bits per heavy atom. The van der Waals surface area contributed by atoms with Crippen molar-refractivity contribution in [1.82, 2.24) is 15.2 Å². The molecule has 0 unspecified atom stereocenters. The number of hydrogen-bond acceptors (Lipinski definition) is 3. The normalized spacial score (nSPS) is 9.47. The summed E-state index contributed by atoms with van der Waals surface area (Å²) in [6.07, 6.45) is 8.42. The van der Waals surface area contributed by atoms with E-state index < -0.39 is 18.5 Å². The molecule has 100 valence electrons. The lowest BCUT2D eigenvalue weighted by atomic mass is 10.1. The van der Waals surface area contributed by atoms with E-state index in [4.69, 9.17) is 11.5 Å². The van der Waals surface area contributed by atoms with Crippen molar-refractivity contribution < 1.29 is 14.7 Å². The molecule has 2 amide bonds. The zero-order valence-corrected chi connectivity index (χ0v) is 10.6. The van der Waals surface area contributed by atoms with Gasteiger partial charge in [-0.2, -0.15) is 0 Å². The van der Waals surface area contributed by atoms with Crippen LogP contribution in [0.5, 0.6) is 0 Å². The summed E-state index contributed by atoms with van der Waals surface area (Å²) in [5.74, 6) is 1.15. The number of aromatic nitrogens is 1. The summed E-state index contributed by atoms with van der Waals surface area (Å²) in [6, 6.07) is 1.29. The molecule has 19 heavy (non-hydrogen) atoms. The number of nitrogens with zero attached hydrogens (tertiary/aromatic N) is 2. The molecule has 2 N–H and O–H groups in total. The Hall–Kier alpha value is -2.55. The van der Waals surface area contributed by atoms with Gasteiger partial charge in [0.05, 0.1) is 6.54 Å². The van der Waals surface area contributed by atoms with E-state index in [2.05, 4.69) is 16.2 Å². The maximum atomic E-state index is 11.8. The number of carboxylic acid groups (broad SMARTS) is 1. The highest BCUT2D eigenvalue weighted by molar-refractivity contribution is 5.80. The number of amides is 2. The fourth-order valence-electron chi connectivity index (χ4n) is 1.46. The van der Waals surface area contributed by atoms with Crippen molar-refractivity contribution in [3.63, 3.8) is 0 Å². The number of carboxylic acids is 1. The van der Waals surface area contributed by atoms with Crippen LogP contribution in [0.4, 0.5) is 4.79 Å². The highest BCUT2D eigenvalue weighted by Gasteiger charge is 2.15. The summed E-state index contributed by atoms with van der Waals surface area (Å²) in [5.41, 5.74) is 1.86. The van der Waals surface area contributed by atoms with Gasteiger partial charge < -0.3 is 15.3 Å². The number of aryl methyl sites for hydroxylation is 1. The average molecular weight is 261 g/mol. The maximum absolute atomic E-state index is 11.8. The number of carbonyl (C=O) groups is 2. The van der Waals surface area contributed by atoms with E-state index in [0.717, 1.165) is 16.0 Å². The van der Waals surface area contributed by atoms with E-state index in [1.54, 1.807) is 18.5 Å². The van der Waals surface area contributed by atoms with Crippen molar-refractivity contribution in [2.75, 3.05) is 13.1 Å². The maximum Gasteiger partial charge on any atom is 0.323 e. The Morgan fingerprint density at radius 2 is 2.32 bits per heavy atom. The van der Waals surface area contributed by atoms with Gasteiger partial charge in [0.15, 0.2) is 0 Å². The third-order valence-corrected chi connectivity index (χ3v) is 2.46. The van der Waals surface area contributed by atoms with Gasteiger partial charge in [-0.05, 0) is 24.1 Å². The Balaban J connectivity index is 2.60. The van der Waals surface area contributed by atoms with Crippen LogP contribution in [-0.4, -0.2) is 40.1 Å². The van der Waals surface area contributed by atoms with Crippen LogP contribution in [-0.2, 0) is 11.3 Å². The highest BCUT2D eigenvalue weighted by Crippen LogP contribution is 2.04. The summed E-state index contributed by atoms with van der Waals surface area (Å²) >= 11 is 0. The van der Waals surface area contributed by atoms with Gasteiger partial charge in [0.2, 0.25) is 0 Å². The number of nitrogens with one attached hydrogen (secondary N) is 1. The van der Waals surface area contributed by atoms with E-state index in [1.807, 2.05) is 6.92 Å². The predicted octanol–water partition coefficient (Wildman–Crippen LogP) is 0.619. The first-order chi connectivity index (χ1) is 9.04. The van der Waals surface area contributed by atoms with Gasteiger partial charge in [-0.3, -0.25) is 9.78 Å². The number of carbonyl (C=O) groups excluding carboxylic acids is 1. The molecule has 0 aromatic carbocycles. The third kappa shape index (κ3) is 4.68. The summed E-state index contributed by atoms with van der Waals surface area (Å²) in [5, 5.41) is 11.3. The number of rotatable bonds is 5. The van der Waals surface area contributed by atoms with Gasteiger partial charge >= 0.3 is 12.0 Å². The summed E-state index contributed by atoms with van der Waals surface area (Å²) in [4.78, 5) is 27.4. The van der Waals surface area contributed by atoms with Crippen LogP contribution >= 0.6 is 0 Å². The second-order valence-electron chi connectivity index (χ2n) is 3.91. The largest absolute Gasteiger partial charge is 0.480 e. The minimum absolute atomic E-state index is 0.0482. The molecule has 0 aliphatic carbocycles. The van der Waals surface area contributed by atoms with Crippen LogP contribution in [0.2, 0.25) is 0 Å². The first-order valence-corrected chi connectivity index (χ1v) is 5.62. The molecule has 0 aliphatic heterocycles. The molecule has 1 aromatic rings. The van der Waals surface area contributed by atoms with Crippen LogP contribution in [0.3, 0.4) is 0 Å². The van der Waals surface area contributed by atoms with Gasteiger partial charge in [0.1, 0.15) is 6.54 Å². The molecule has 0 atom stereocenters. The number of hydrogen-bond donors (Lipinski definition) is 2. The van der Waals surface area contributed by atoms with Crippen molar-refractivity contribution in [2.45, 2.75) is 13.5 Å². The Morgan fingerprint density at radius 1 is 1.58 bits per heavy atom. The molecule has 0 fully saturated rings. The molecule has 0 bridgehead atoms. The quantitative estimate of drug-likeness (QED) is 0.761. The Labute approximate surface area is 111 Å². The summed E-state index contributed by atoms with van der Waals surface area (Å²) in [7, 11) is 0. The smallest absolute Gasteiger partial charge is 0.323 e. The first-order valence-electron chi connectivity index (χ1n) is 5.62. The molecule has 0 saturated carbocycles. The molecule has 0 spiro atoms. The van der Waals surface area contributed by atoms with E-state index in [-0.39, 0.29) is 6.54 Å². The van der Waals surface area contributed by atoms with Crippen molar-refractivity contribution in [2.24, 2.45) is 0 Å². The van der Waals surface area contributed by atoms with Crippen molar-refractivity contribution in [1.29, 1.82) is 0 Å². The zero-order valence-electron chi connectivity index (χ0n) is 10.6. The Kier molecular flexibility index (Phi) is 5.35. The minimum atomic E-state index is -1.11. The first kappa shape index (κ1) is 14.5. The second-order valence-corrected chi connectivity index (χ2v) is 3.91. The lowest BCUT2D eigenvalue weighted by molar-refractivity contribution is -0.137. The van der Waals surface area contributed by atoms with Gasteiger partial charge in [-0.15, -0.1) is 6.42 Å². The van der Waals surface area contributed by atoms with Gasteiger partial charge in [-0.1, -0.05) is 5.92 Å². The number of urea groups is 1. The van der Waals surface area contributed by atoms with E-state index in [0.29, 0.717) is 6.54 Å². The fourth-order valence-corrected chi connectivity index (χ4v) is 1.46. The van der Waals surface area contributed by atoms with E-state index in [9.17, 15) is 9.59 Å². The van der Waals surface area contributed by atoms with E-state index in [1.165, 1.54) is 0 Å². The van der Waals surface area contributed by atoms with Crippen molar-refractivity contribution in [3.05, 3.63) is 29.6 Å². The molecular formula is C13H15N3O3. The van der Waals surface area contributed by atoms with Gasteiger partial charge in [-0.25, -0.2) is 4.79 Å². The standard InChI is InChI=1S/C13H15N3O3/c1-3-6-16(9-12(17)18)13(19)15-8-11-4-5-14-7-10(11)2/h1,4-5,7H,6,8-9H2,2H3,(H,15,19)(H,17,18). The topological polar surface area (TPSA) is 82.5 Å². The zero-order chi connectivity index (χ0) is 14.3. The molecule has 6 nitrogen and oxygen atoms in total. The number of aliphatic carboxylic acids is 1. The molecule has 6 heteroatoms. The highest BCUT2D eigenvalue weighted by atomic mass is 16.4. The van der Waals surface area contributed by atoms with Crippen LogP contribution < -0.4 is 5.32 Å². The molecule has 1 rings (SSSR count). The lowest BCUT2D eigenvalue weighted by Crippen LogP contribution is -2.42. The van der Waals surface area contributed by atoms with Crippen LogP contribution in [0.25, 0.3) is 0 Å². The van der Waals surface area contributed by atoms with E-state index >= 15 is 0 Å². The molecule has 0 radical (unpaired) electrons. The van der Waals surface area contributed by atoms with Crippen molar-refractivity contribution in [3.8, 4) is 12.3 Å². The van der Waals surface area contributed by atoms with Gasteiger partial charge in [0.25, 0.3) is 0 Å². The third-order valence-electron chi connectivity index (χ3n) is 2.46. The number of pyridine rings is 1. The van der Waals surface area contributed by atoms with Crippen molar-refractivity contribution >= 4 is 12.0 Å². The molecule has 0 saturated heterocycles. The molecule has 0 aliphatic rings. The minimum Gasteiger partial charge on any atom is -0.480 e. The van der Waals surface area contributed by atoms with Crippen LogP contribution in [0.1, 0.15) is 11.1 Å². The SMILES string of the molecule is C#CCN(CC(=O)O)C(=O)NCc1ccncc1C. The van der Waals surface area contributed by atoms with Crippen LogP contribution in [0, 0.1) is 19.3 Å². The average Bonchev–Trinajstić information content (AvgIpc) is 2.36. The molecular weight excluding hydrogens is 246 g/mol.